The van der Waals surface area contributed by atoms with Crippen LogP contribution in [0.2, 0.25) is 0 Å². The van der Waals surface area contributed by atoms with Crippen LogP contribution in [0.5, 0.6) is 5.75 Å². The molecule has 0 spiro atoms. The maximum atomic E-state index is 11.6. The maximum absolute atomic E-state index is 11.6. The number of carbonyl (C=O) groups is 1. The molecule has 1 fully saturated rings. The molecule has 0 saturated carbocycles. The summed E-state index contributed by atoms with van der Waals surface area (Å²) >= 11 is 0. The van der Waals surface area contributed by atoms with Crippen molar-refractivity contribution in [2.75, 3.05) is 33.8 Å². The van der Waals surface area contributed by atoms with Crippen molar-refractivity contribution in [3.8, 4) is 5.75 Å². The SMILES string of the molecule is COc1ccc(C(C)=O)cc1Cc1nc(C2CNCCN2C)no1. The summed E-state index contributed by atoms with van der Waals surface area (Å²) in [6.07, 6.45) is 0.432. The van der Waals surface area contributed by atoms with Crippen molar-refractivity contribution in [3.05, 3.63) is 41.0 Å². The lowest BCUT2D eigenvalue weighted by atomic mass is 10.0. The Morgan fingerprint density at radius 2 is 2.33 bits per heavy atom. The Labute approximate surface area is 141 Å². The van der Waals surface area contributed by atoms with E-state index in [1.165, 1.54) is 0 Å². The number of aromatic nitrogens is 2. The molecule has 1 aromatic heterocycles. The van der Waals surface area contributed by atoms with Gasteiger partial charge in [0.1, 0.15) is 5.75 Å². The van der Waals surface area contributed by atoms with Crippen LogP contribution in [0.15, 0.2) is 22.7 Å². The first-order valence-electron chi connectivity index (χ1n) is 7.99. The van der Waals surface area contributed by atoms with Crippen molar-refractivity contribution in [1.82, 2.24) is 20.4 Å². The number of carbonyl (C=O) groups excluding carboxylic acids is 1. The molecule has 1 atom stereocenters. The minimum Gasteiger partial charge on any atom is -0.496 e. The second-order valence-electron chi connectivity index (χ2n) is 6.01. The van der Waals surface area contributed by atoms with Gasteiger partial charge in [-0.05, 0) is 32.2 Å². The highest BCUT2D eigenvalue weighted by molar-refractivity contribution is 5.94. The van der Waals surface area contributed by atoms with E-state index in [2.05, 4.69) is 27.4 Å². The normalized spacial score (nSPS) is 18.5. The number of nitrogens with zero attached hydrogens (tertiary/aromatic N) is 3. The van der Waals surface area contributed by atoms with Gasteiger partial charge in [-0.25, -0.2) is 0 Å². The predicted molar refractivity (Wildman–Crippen MR) is 88.3 cm³/mol. The molecule has 0 amide bonds. The van der Waals surface area contributed by atoms with E-state index in [1.54, 1.807) is 26.2 Å². The number of nitrogens with one attached hydrogen (secondary N) is 1. The molecule has 2 heterocycles. The largest absolute Gasteiger partial charge is 0.496 e. The van der Waals surface area contributed by atoms with Crippen LogP contribution in [0.3, 0.4) is 0 Å². The molecule has 3 rings (SSSR count). The molecular formula is C17H22N4O3. The summed E-state index contributed by atoms with van der Waals surface area (Å²) in [6, 6.07) is 5.48. The first-order valence-corrected chi connectivity index (χ1v) is 7.99. The van der Waals surface area contributed by atoms with Crippen LogP contribution in [0.25, 0.3) is 0 Å². The molecular weight excluding hydrogens is 308 g/mol. The third-order valence-electron chi connectivity index (χ3n) is 4.32. The Hall–Kier alpha value is -2.25. The zero-order valence-corrected chi connectivity index (χ0v) is 14.2. The standard InChI is InChI=1S/C17H22N4O3/c1-11(22)12-4-5-15(23-3)13(8-12)9-16-19-17(20-24-16)14-10-18-6-7-21(14)2/h4-5,8,14,18H,6-7,9-10H2,1-3H3. The molecule has 7 heteroatoms. The van der Waals surface area contributed by atoms with Crippen molar-refractivity contribution < 1.29 is 14.1 Å². The van der Waals surface area contributed by atoms with E-state index in [4.69, 9.17) is 9.26 Å². The molecule has 128 valence electrons. The van der Waals surface area contributed by atoms with Crippen LogP contribution in [0.4, 0.5) is 0 Å². The fourth-order valence-corrected chi connectivity index (χ4v) is 2.87. The van der Waals surface area contributed by atoms with Crippen LogP contribution in [-0.4, -0.2) is 54.6 Å². The van der Waals surface area contributed by atoms with Gasteiger partial charge in [-0.2, -0.15) is 4.98 Å². The van der Waals surface area contributed by atoms with Gasteiger partial charge in [0.05, 0.1) is 19.6 Å². The van der Waals surface area contributed by atoms with E-state index < -0.39 is 0 Å². The molecule has 0 aliphatic carbocycles. The Kier molecular flexibility index (Phi) is 4.92. The van der Waals surface area contributed by atoms with E-state index in [0.717, 1.165) is 25.2 Å². The monoisotopic (exact) mass is 330 g/mol. The molecule has 1 aromatic carbocycles. The summed E-state index contributed by atoms with van der Waals surface area (Å²) in [5, 5.41) is 7.46. The zero-order valence-electron chi connectivity index (χ0n) is 14.2. The van der Waals surface area contributed by atoms with Crippen molar-refractivity contribution in [2.24, 2.45) is 0 Å². The molecule has 1 saturated heterocycles. The predicted octanol–water partition coefficient (Wildman–Crippen LogP) is 1.45. The Morgan fingerprint density at radius 3 is 3.04 bits per heavy atom. The average molecular weight is 330 g/mol. The fourth-order valence-electron chi connectivity index (χ4n) is 2.87. The number of methoxy groups -OCH3 is 1. The van der Waals surface area contributed by atoms with Gasteiger partial charge < -0.3 is 14.6 Å². The van der Waals surface area contributed by atoms with Crippen molar-refractivity contribution in [3.63, 3.8) is 0 Å². The van der Waals surface area contributed by atoms with Gasteiger partial charge >= 0.3 is 0 Å². The Bertz CT molecular complexity index is 728. The van der Waals surface area contributed by atoms with Gasteiger partial charge in [0.2, 0.25) is 5.89 Å². The van der Waals surface area contributed by atoms with Gasteiger partial charge in [-0.15, -0.1) is 0 Å². The van der Waals surface area contributed by atoms with E-state index in [1.807, 2.05) is 6.07 Å². The number of Topliss-reactive ketones (excluding diaryl/α,β-unsaturated/α-hetero) is 1. The van der Waals surface area contributed by atoms with Gasteiger partial charge in [-0.3, -0.25) is 9.69 Å². The Morgan fingerprint density at radius 1 is 1.50 bits per heavy atom. The number of benzene rings is 1. The molecule has 1 aliphatic heterocycles. The number of ether oxygens (including phenoxy) is 1. The quantitative estimate of drug-likeness (QED) is 0.831. The van der Waals surface area contributed by atoms with Crippen LogP contribution >= 0.6 is 0 Å². The molecule has 0 bridgehead atoms. The van der Waals surface area contributed by atoms with E-state index in [-0.39, 0.29) is 11.8 Å². The molecule has 24 heavy (non-hydrogen) atoms. The highest BCUT2D eigenvalue weighted by Gasteiger charge is 2.25. The minimum absolute atomic E-state index is 0.0139. The molecule has 2 aromatic rings. The Balaban J connectivity index is 1.81. The lowest BCUT2D eigenvalue weighted by molar-refractivity contribution is 0.101. The maximum Gasteiger partial charge on any atom is 0.231 e. The number of likely N-dealkylation sites (N-methyl/N-ethyl adjacent to an activating group) is 1. The first-order chi connectivity index (χ1) is 11.6. The third kappa shape index (κ3) is 3.47. The summed E-state index contributed by atoms with van der Waals surface area (Å²) in [4.78, 5) is 18.3. The average Bonchev–Trinajstić information content (AvgIpc) is 3.03. The van der Waals surface area contributed by atoms with Crippen LogP contribution in [0, 0.1) is 0 Å². The van der Waals surface area contributed by atoms with E-state index in [0.29, 0.717) is 29.4 Å². The summed E-state index contributed by atoms with van der Waals surface area (Å²) in [6.45, 7) is 4.26. The molecule has 7 nitrogen and oxygen atoms in total. The van der Waals surface area contributed by atoms with Gasteiger partial charge in [-0.1, -0.05) is 5.16 Å². The summed E-state index contributed by atoms with van der Waals surface area (Å²) in [7, 11) is 3.66. The lowest BCUT2D eigenvalue weighted by Crippen LogP contribution is -2.44. The van der Waals surface area contributed by atoms with E-state index >= 15 is 0 Å². The van der Waals surface area contributed by atoms with Crippen LogP contribution in [0.1, 0.15) is 40.6 Å². The smallest absolute Gasteiger partial charge is 0.231 e. The van der Waals surface area contributed by atoms with Gasteiger partial charge in [0.15, 0.2) is 11.6 Å². The number of ketones is 1. The number of hydrogen-bond acceptors (Lipinski definition) is 7. The number of piperazine rings is 1. The number of hydrogen-bond donors (Lipinski definition) is 1. The summed E-state index contributed by atoms with van der Waals surface area (Å²) in [5.74, 6) is 1.92. The topological polar surface area (TPSA) is 80.5 Å². The second-order valence-corrected chi connectivity index (χ2v) is 6.01. The fraction of sp³-hybridized carbons (Fsp3) is 0.471. The molecule has 1 unspecified atom stereocenters. The molecule has 0 radical (unpaired) electrons. The summed E-state index contributed by atoms with van der Waals surface area (Å²) in [5.41, 5.74) is 1.50. The number of rotatable bonds is 5. The van der Waals surface area contributed by atoms with Crippen LogP contribution in [-0.2, 0) is 6.42 Å². The molecule has 1 N–H and O–H groups in total. The summed E-state index contributed by atoms with van der Waals surface area (Å²) < 4.78 is 10.8. The highest BCUT2D eigenvalue weighted by atomic mass is 16.5. The van der Waals surface area contributed by atoms with Gasteiger partial charge in [0, 0.05) is 30.8 Å². The third-order valence-corrected chi connectivity index (χ3v) is 4.32. The van der Waals surface area contributed by atoms with Gasteiger partial charge in [0.25, 0.3) is 0 Å². The van der Waals surface area contributed by atoms with Crippen molar-refractivity contribution in [1.29, 1.82) is 0 Å². The molecule has 1 aliphatic rings. The van der Waals surface area contributed by atoms with Crippen molar-refractivity contribution >= 4 is 5.78 Å². The zero-order chi connectivity index (χ0) is 17.1. The first kappa shape index (κ1) is 16.6. The van der Waals surface area contributed by atoms with Crippen molar-refractivity contribution in [2.45, 2.75) is 19.4 Å². The second kappa shape index (κ2) is 7.11. The minimum atomic E-state index is 0.0139. The highest BCUT2D eigenvalue weighted by Crippen LogP contribution is 2.24. The van der Waals surface area contributed by atoms with E-state index in [9.17, 15) is 4.79 Å². The lowest BCUT2D eigenvalue weighted by Gasteiger charge is -2.30. The van der Waals surface area contributed by atoms with Crippen LogP contribution < -0.4 is 10.1 Å².